The first-order valence-corrected chi connectivity index (χ1v) is 7.37. The number of pyridine rings is 1. The molecule has 26 heavy (non-hydrogen) atoms. The Balaban J connectivity index is 2.47. The number of anilines is 3. The summed E-state index contributed by atoms with van der Waals surface area (Å²) in [6, 6.07) is -0.595. The van der Waals surface area contributed by atoms with Crippen LogP contribution in [0, 0.1) is 0 Å². The molecule has 4 N–H and O–H groups in total. The minimum atomic E-state index is -5.12. The van der Waals surface area contributed by atoms with Gasteiger partial charge in [-0.25, -0.2) is 9.78 Å². The van der Waals surface area contributed by atoms with Crippen LogP contribution in [0.3, 0.4) is 0 Å². The molecule has 0 unspecified atom stereocenters. The maximum atomic E-state index is 12.8. The second-order valence-electron chi connectivity index (χ2n) is 4.69. The molecule has 0 atom stereocenters. The summed E-state index contributed by atoms with van der Waals surface area (Å²) >= 11 is 0.557. The third-order valence-corrected chi connectivity index (χ3v) is 3.65. The Morgan fingerprint density at radius 2 is 1.81 bits per heavy atom. The zero-order chi connectivity index (χ0) is 19.7. The number of hydrogen-bond donors (Lipinski definition) is 4. The van der Waals surface area contributed by atoms with Crippen molar-refractivity contribution in [3.63, 3.8) is 0 Å². The normalized spacial score (nSPS) is 12.0. The topological polar surface area (TPSA) is 98.9 Å². The van der Waals surface area contributed by atoms with E-state index in [0.717, 1.165) is 0 Å². The number of rotatable bonds is 3. The maximum absolute atomic E-state index is 12.8. The number of alkyl halides is 6. The predicted octanol–water partition coefficient (Wildman–Crippen LogP) is 3.36. The monoisotopic (exact) mass is 401 g/mol. The van der Waals surface area contributed by atoms with Gasteiger partial charge in [-0.15, -0.1) is 0 Å². The summed E-state index contributed by atoms with van der Waals surface area (Å²) in [5.41, 5.74) is -4.53. The van der Waals surface area contributed by atoms with Gasteiger partial charge in [0.05, 0.1) is 5.56 Å². The van der Waals surface area contributed by atoms with Crippen LogP contribution in [0.2, 0.25) is 0 Å². The van der Waals surface area contributed by atoms with E-state index in [2.05, 4.69) is 25.3 Å². The zero-order valence-electron chi connectivity index (χ0n) is 12.6. The lowest BCUT2D eigenvalue weighted by molar-refractivity contribution is -0.145. The minimum absolute atomic E-state index is 0.131. The maximum Gasteiger partial charge on any atom is 0.433 e. The highest BCUT2D eigenvalue weighted by molar-refractivity contribution is 7.11. The molecule has 0 aliphatic heterocycles. The molecule has 0 aromatic carbocycles. The lowest BCUT2D eigenvalue weighted by Crippen LogP contribution is -2.27. The van der Waals surface area contributed by atoms with Gasteiger partial charge in [-0.2, -0.15) is 26.3 Å². The van der Waals surface area contributed by atoms with Gasteiger partial charge in [0, 0.05) is 7.05 Å². The molecule has 2 rings (SSSR count). The van der Waals surface area contributed by atoms with Crippen molar-refractivity contribution < 1.29 is 31.1 Å². The van der Waals surface area contributed by atoms with E-state index in [1.165, 1.54) is 7.05 Å². The predicted molar refractivity (Wildman–Crippen MR) is 80.5 cm³/mol. The van der Waals surface area contributed by atoms with Gasteiger partial charge >= 0.3 is 18.4 Å². The van der Waals surface area contributed by atoms with Crippen molar-refractivity contribution >= 4 is 34.1 Å². The number of nitrogens with one attached hydrogen (secondary N) is 4. The average Bonchev–Trinajstić information content (AvgIpc) is 2.86. The highest BCUT2D eigenvalue weighted by Gasteiger charge is 2.38. The molecule has 0 saturated heterocycles. The number of hydrogen-bond acceptors (Lipinski definition) is 5. The van der Waals surface area contributed by atoms with Crippen LogP contribution in [0.15, 0.2) is 16.9 Å². The summed E-state index contributed by atoms with van der Waals surface area (Å²) in [6.45, 7) is 0. The minimum Gasteiger partial charge on any atom is -0.341 e. The van der Waals surface area contributed by atoms with Gasteiger partial charge in [0.2, 0.25) is 0 Å². The summed E-state index contributed by atoms with van der Waals surface area (Å²) in [7, 11) is 1.24. The van der Waals surface area contributed by atoms with E-state index in [0.29, 0.717) is 17.6 Å². The fourth-order valence-electron chi connectivity index (χ4n) is 1.70. The quantitative estimate of drug-likeness (QED) is 0.593. The Morgan fingerprint density at radius 1 is 1.15 bits per heavy atom. The third-order valence-electron chi connectivity index (χ3n) is 2.85. The molecule has 0 fully saturated rings. The van der Waals surface area contributed by atoms with Gasteiger partial charge in [-0.3, -0.25) is 9.17 Å². The van der Waals surface area contributed by atoms with Crippen LogP contribution in [-0.4, -0.2) is 22.4 Å². The van der Waals surface area contributed by atoms with Gasteiger partial charge in [-0.1, -0.05) is 0 Å². The number of H-pyrrole nitrogens is 1. The van der Waals surface area contributed by atoms with E-state index in [1.54, 1.807) is 0 Å². The fraction of sp³-hybridized carbons (Fsp3) is 0.250. The number of carbonyl (C=O) groups excluding carboxylic acids is 1. The summed E-state index contributed by atoms with van der Waals surface area (Å²) in [5, 5.41) is 6.20. The van der Waals surface area contributed by atoms with E-state index in [-0.39, 0.29) is 16.8 Å². The Morgan fingerprint density at radius 3 is 2.35 bits per heavy atom. The van der Waals surface area contributed by atoms with Gasteiger partial charge in [0.15, 0.2) is 0 Å². The van der Waals surface area contributed by atoms with Crippen molar-refractivity contribution in [2.75, 3.05) is 17.7 Å². The summed E-state index contributed by atoms with van der Waals surface area (Å²) in [5.74, 6) is -0.803. The van der Waals surface area contributed by atoms with Crippen LogP contribution >= 0.6 is 11.5 Å². The lowest BCUT2D eigenvalue weighted by atomic mass is 10.2. The molecular weight excluding hydrogens is 392 g/mol. The SMILES string of the molecule is CNC(=O)Nc1c(Nc2cc(C(F)(F)F)cc(C(F)(F)F)n2)s[nH]c1=O. The number of carbonyl (C=O) groups is 1. The average molecular weight is 401 g/mol. The number of aromatic amines is 1. The first-order chi connectivity index (χ1) is 11.9. The Bertz CT molecular complexity index is 840. The molecule has 14 heteroatoms. The molecule has 2 aromatic heterocycles. The first kappa shape index (κ1) is 19.6. The number of amides is 2. The van der Waals surface area contributed by atoms with Crippen LogP contribution in [0.5, 0.6) is 0 Å². The van der Waals surface area contributed by atoms with Crippen molar-refractivity contribution in [1.29, 1.82) is 0 Å². The highest BCUT2D eigenvalue weighted by Crippen LogP contribution is 2.37. The highest BCUT2D eigenvalue weighted by atomic mass is 32.1. The van der Waals surface area contributed by atoms with Crippen molar-refractivity contribution in [2.24, 2.45) is 0 Å². The van der Waals surface area contributed by atoms with Crippen LogP contribution in [0.25, 0.3) is 0 Å². The van der Waals surface area contributed by atoms with Crippen LogP contribution in [0.1, 0.15) is 11.3 Å². The molecule has 142 valence electrons. The molecule has 7 nitrogen and oxygen atoms in total. The molecule has 0 spiro atoms. The molecule has 0 aliphatic carbocycles. The Hall–Kier alpha value is -2.77. The molecule has 2 heterocycles. The van der Waals surface area contributed by atoms with E-state index < -0.39 is 41.0 Å². The Kier molecular flexibility index (Phi) is 5.16. The van der Waals surface area contributed by atoms with E-state index in [4.69, 9.17) is 0 Å². The van der Waals surface area contributed by atoms with Gasteiger partial charge in [0.25, 0.3) is 5.56 Å². The van der Waals surface area contributed by atoms with Crippen molar-refractivity contribution in [3.8, 4) is 0 Å². The summed E-state index contributed by atoms with van der Waals surface area (Å²) < 4.78 is 79.1. The fourth-order valence-corrected chi connectivity index (χ4v) is 2.40. The molecule has 0 radical (unpaired) electrons. The molecule has 2 amide bonds. The van der Waals surface area contributed by atoms with Crippen molar-refractivity contribution in [3.05, 3.63) is 33.7 Å². The molecule has 0 aliphatic rings. The first-order valence-electron chi connectivity index (χ1n) is 6.55. The van der Waals surface area contributed by atoms with Crippen molar-refractivity contribution in [1.82, 2.24) is 14.7 Å². The third kappa shape index (κ3) is 4.44. The second kappa shape index (κ2) is 6.86. The lowest BCUT2D eigenvalue weighted by Gasteiger charge is -2.14. The molecule has 0 saturated carbocycles. The van der Waals surface area contributed by atoms with Crippen LogP contribution in [-0.2, 0) is 12.4 Å². The van der Waals surface area contributed by atoms with Gasteiger partial charge in [-0.05, 0) is 23.7 Å². The smallest absolute Gasteiger partial charge is 0.341 e. The van der Waals surface area contributed by atoms with Crippen molar-refractivity contribution in [2.45, 2.75) is 12.4 Å². The number of urea groups is 1. The molecule has 0 bridgehead atoms. The van der Waals surface area contributed by atoms with E-state index >= 15 is 0 Å². The van der Waals surface area contributed by atoms with E-state index in [9.17, 15) is 35.9 Å². The van der Waals surface area contributed by atoms with Gasteiger partial charge < -0.3 is 16.0 Å². The number of halogens is 6. The summed E-state index contributed by atoms with van der Waals surface area (Å²) in [4.78, 5) is 26.0. The molecule has 2 aromatic rings. The standard InChI is InChI=1S/C12H9F6N5O2S/c1-19-10(25)22-7-8(24)23-26-9(7)21-6-3-4(11(13,14)15)2-5(20-6)12(16,17)18/h2-3H,1H3,(H,20,21)(H,23,24)(H2,19,22,25). The second-order valence-corrected chi connectivity index (χ2v) is 5.50. The largest absolute Gasteiger partial charge is 0.433 e. The van der Waals surface area contributed by atoms with E-state index in [1.807, 2.05) is 0 Å². The van der Waals surface area contributed by atoms with Gasteiger partial charge in [0.1, 0.15) is 22.2 Å². The molecular formula is C12H9F6N5O2S. The Labute approximate surface area is 144 Å². The summed E-state index contributed by atoms with van der Waals surface area (Å²) in [6.07, 6.45) is -10.2. The van der Waals surface area contributed by atoms with Crippen LogP contribution in [0.4, 0.5) is 47.6 Å². The zero-order valence-corrected chi connectivity index (χ0v) is 13.4. The number of aromatic nitrogens is 2. The number of nitrogens with zero attached hydrogens (tertiary/aromatic N) is 1. The van der Waals surface area contributed by atoms with Crippen LogP contribution < -0.4 is 21.5 Å².